The molecule has 3 unspecified atom stereocenters. The lowest BCUT2D eigenvalue weighted by Crippen LogP contribution is -2.28. The van der Waals surface area contributed by atoms with Gasteiger partial charge >= 0.3 is 0 Å². The first kappa shape index (κ1) is 12.5. The number of thiazole rings is 1. The largest absolute Gasteiger partial charge is 0.371 e. The number of nitrogens with two attached hydrogens (primary N) is 1. The lowest BCUT2D eigenvalue weighted by Gasteiger charge is -2.13. The normalized spacial score (nSPS) is 33.3. The van der Waals surface area contributed by atoms with Crippen molar-refractivity contribution in [1.29, 1.82) is 0 Å². The van der Waals surface area contributed by atoms with E-state index in [-0.39, 0.29) is 6.10 Å². The quantitative estimate of drug-likeness (QED) is 0.907. The Morgan fingerprint density at radius 2 is 2.44 bits per heavy atom. The molecule has 2 aliphatic heterocycles. The molecule has 2 saturated heterocycles. The molecule has 0 aliphatic carbocycles. The summed E-state index contributed by atoms with van der Waals surface area (Å²) in [5.41, 5.74) is 6.05. The third kappa shape index (κ3) is 2.59. The summed E-state index contributed by atoms with van der Waals surface area (Å²) in [4.78, 5) is 8.28. The number of hydrogen-bond acceptors (Lipinski definition) is 5. The van der Waals surface area contributed by atoms with Crippen LogP contribution in [0.25, 0.3) is 0 Å². The summed E-state index contributed by atoms with van der Waals surface area (Å²) < 4.78 is 5.67. The molecule has 100 valence electrons. The Morgan fingerprint density at radius 3 is 3.11 bits per heavy atom. The van der Waals surface area contributed by atoms with Gasteiger partial charge in [0.1, 0.15) is 11.1 Å². The van der Waals surface area contributed by atoms with E-state index in [0.29, 0.717) is 12.0 Å². The smallest absolute Gasteiger partial charge is 0.122 e. The number of likely N-dealkylation sites (tertiary alicyclic amines) is 1. The molecule has 2 fully saturated rings. The van der Waals surface area contributed by atoms with Crippen molar-refractivity contribution in [3.63, 3.8) is 0 Å². The van der Waals surface area contributed by atoms with Gasteiger partial charge in [-0.05, 0) is 18.8 Å². The molecule has 0 radical (unpaired) electrons. The van der Waals surface area contributed by atoms with Crippen LogP contribution in [0, 0.1) is 5.92 Å². The average Bonchev–Trinajstić information content (AvgIpc) is 3.02. The number of rotatable bonds is 3. The van der Waals surface area contributed by atoms with Crippen LogP contribution in [0.1, 0.15) is 35.8 Å². The van der Waals surface area contributed by atoms with E-state index in [1.165, 1.54) is 4.88 Å². The number of hydrogen-bond donors (Lipinski definition) is 1. The molecule has 2 N–H and O–H groups in total. The maximum absolute atomic E-state index is 6.05. The van der Waals surface area contributed by atoms with Crippen molar-refractivity contribution in [1.82, 2.24) is 9.88 Å². The molecule has 4 nitrogen and oxygen atoms in total. The van der Waals surface area contributed by atoms with Crippen molar-refractivity contribution in [2.24, 2.45) is 11.7 Å². The van der Waals surface area contributed by atoms with E-state index in [2.05, 4.69) is 16.8 Å². The Balaban J connectivity index is 1.60. The van der Waals surface area contributed by atoms with Crippen LogP contribution in [-0.4, -0.2) is 35.6 Å². The first-order valence-electron chi connectivity index (χ1n) is 6.76. The van der Waals surface area contributed by atoms with Crippen molar-refractivity contribution in [3.05, 3.63) is 16.1 Å². The van der Waals surface area contributed by atoms with Gasteiger partial charge in [0.25, 0.3) is 0 Å². The van der Waals surface area contributed by atoms with Crippen molar-refractivity contribution in [2.75, 3.05) is 19.7 Å². The third-order valence-corrected chi connectivity index (χ3v) is 4.98. The summed E-state index contributed by atoms with van der Waals surface area (Å²) in [6.07, 6.45) is 4.55. The van der Waals surface area contributed by atoms with E-state index in [4.69, 9.17) is 10.5 Å². The van der Waals surface area contributed by atoms with Gasteiger partial charge in [-0.1, -0.05) is 6.92 Å². The molecule has 3 atom stereocenters. The standard InChI is InChI=1S/C13H21N3OS/c1-9-6-16(8-11(9)14)7-10-5-15-13(18-10)12-3-2-4-17-12/h5,9,11-12H,2-4,6-8,14H2,1H3. The molecule has 0 aromatic carbocycles. The van der Waals surface area contributed by atoms with Crippen LogP contribution >= 0.6 is 11.3 Å². The highest BCUT2D eigenvalue weighted by Gasteiger charge is 2.27. The number of aromatic nitrogens is 1. The number of ether oxygens (including phenoxy) is 1. The minimum atomic E-state index is 0.253. The van der Waals surface area contributed by atoms with Gasteiger partial charge in [0.15, 0.2) is 0 Å². The molecular weight excluding hydrogens is 246 g/mol. The lowest BCUT2D eigenvalue weighted by molar-refractivity contribution is 0.111. The van der Waals surface area contributed by atoms with Crippen molar-refractivity contribution >= 4 is 11.3 Å². The van der Waals surface area contributed by atoms with Crippen LogP contribution < -0.4 is 5.73 Å². The minimum Gasteiger partial charge on any atom is -0.371 e. The maximum Gasteiger partial charge on any atom is 0.122 e. The molecule has 2 aliphatic rings. The minimum absolute atomic E-state index is 0.253. The summed E-state index contributed by atoms with van der Waals surface area (Å²) in [6.45, 7) is 6.22. The predicted octanol–water partition coefficient (Wildman–Crippen LogP) is 1.77. The summed E-state index contributed by atoms with van der Waals surface area (Å²) in [6, 6.07) is 0.329. The molecular formula is C13H21N3OS. The maximum atomic E-state index is 6.05. The summed E-state index contributed by atoms with van der Waals surface area (Å²) >= 11 is 1.80. The van der Waals surface area contributed by atoms with Crippen LogP contribution in [0.3, 0.4) is 0 Å². The van der Waals surface area contributed by atoms with Gasteiger partial charge in [-0.25, -0.2) is 4.98 Å². The Bertz CT molecular complexity index is 393. The molecule has 18 heavy (non-hydrogen) atoms. The number of nitrogens with zero attached hydrogens (tertiary/aromatic N) is 2. The predicted molar refractivity (Wildman–Crippen MR) is 72.5 cm³/mol. The Labute approximate surface area is 112 Å². The van der Waals surface area contributed by atoms with E-state index in [1.54, 1.807) is 11.3 Å². The Morgan fingerprint density at radius 1 is 1.56 bits per heavy atom. The Kier molecular flexibility index (Phi) is 3.66. The summed E-state index contributed by atoms with van der Waals surface area (Å²) in [5, 5.41) is 1.15. The fraction of sp³-hybridized carbons (Fsp3) is 0.769. The van der Waals surface area contributed by atoms with Gasteiger partial charge in [-0.3, -0.25) is 4.90 Å². The highest BCUT2D eigenvalue weighted by Crippen LogP contribution is 2.32. The van der Waals surface area contributed by atoms with E-state index in [0.717, 1.165) is 44.1 Å². The molecule has 1 aromatic heterocycles. The van der Waals surface area contributed by atoms with Crippen LogP contribution in [0.2, 0.25) is 0 Å². The highest BCUT2D eigenvalue weighted by molar-refractivity contribution is 7.11. The van der Waals surface area contributed by atoms with Crippen molar-refractivity contribution in [2.45, 2.75) is 38.5 Å². The van der Waals surface area contributed by atoms with Gasteiger partial charge in [0, 0.05) is 43.4 Å². The zero-order chi connectivity index (χ0) is 12.5. The molecule has 0 bridgehead atoms. The molecule has 0 spiro atoms. The fourth-order valence-corrected chi connectivity index (χ4v) is 3.81. The van der Waals surface area contributed by atoms with Gasteiger partial charge in [0.05, 0.1) is 0 Å². The summed E-state index contributed by atoms with van der Waals surface area (Å²) in [5.74, 6) is 0.607. The molecule has 5 heteroatoms. The van der Waals surface area contributed by atoms with Crippen LogP contribution in [0.4, 0.5) is 0 Å². The fourth-order valence-electron chi connectivity index (χ4n) is 2.76. The highest BCUT2D eigenvalue weighted by atomic mass is 32.1. The van der Waals surface area contributed by atoms with Gasteiger partial charge in [-0.15, -0.1) is 11.3 Å². The second kappa shape index (κ2) is 5.25. The van der Waals surface area contributed by atoms with E-state index >= 15 is 0 Å². The van der Waals surface area contributed by atoms with Crippen LogP contribution in [0.15, 0.2) is 6.20 Å². The molecule has 0 amide bonds. The summed E-state index contributed by atoms with van der Waals surface area (Å²) in [7, 11) is 0. The van der Waals surface area contributed by atoms with Crippen LogP contribution in [-0.2, 0) is 11.3 Å². The zero-order valence-electron chi connectivity index (χ0n) is 10.8. The Hall–Kier alpha value is -0.490. The first-order chi connectivity index (χ1) is 8.72. The second-order valence-corrected chi connectivity index (χ2v) is 6.65. The first-order valence-corrected chi connectivity index (χ1v) is 7.58. The monoisotopic (exact) mass is 267 g/mol. The van der Waals surface area contributed by atoms with E-state index in [9.17, 15) is 0 Å². The molecule has 3 rings (SSSR count). The van der Waals surface area contributed by atoms with Gasteiger partial charge < -0.3 is 10.5 Å². The van der Waals surface area contributed by atoms with Gasteiger partial charge in [0.2, 0.25) is 0 Å². The van der Waals surface area contributed by atoms with Crippen molar-refractivity contribution < 1.29 is 4.74 Å². The second-order valence-electron chi connectivity index (χ2n) is 5.50. The molecule has 1 aromatic rings. The van der Waals surface area contributed by atoms with E-state index < -0.39 is 0 Å². The molecule has 3 heterocycles. The average molecular weight is 267 g/mol. The van der Waals surface area contributed by atoms with Gasteiger partial charge in [-0.2, -0.15) is 0 Å². The SMILES string of the molecule is CC1CN(Cc2cnc(C3CCCO3)s2)CC1N. The lowest BCUT2D eigenvalue weighted by atomic mass is 10.1. The topological polar surface area (TPSA) is 51.4 Å². The van der Waals surface area contributed by atoms with E-state index in [1.807, 2.05) is 6.20 Å². The zero-order valence-corrected chi connectivity index (χ0v) is 11.7. The van der Waals surface area contributed by atoms with Crippen molar-refractivity contribution in [3.8, 4) is 0 Å². The molecule has 0 saturated carbocycles. The third-order valence-electron chi connectivity index (χ3n) is 3.90. The van der Waals surface area contributed by atoms with Crippen LogP contribution in [0.5, 0.6) is 0 Å².